The van der Waals surface area contributed by atoms with E-state index in [2.05, 4.69) is 15.1 Å². The first-order valence-electron chi connectivity index (χ1n) is 5.74. The number of thioether (sulfide) groups is 1. The molecule has 0 atom stereocenters. The predicted octanol–water partition coefficient (Wildman–Crippen LogP) is 2.64. The number of carboxylic acid groups (broad SMARTS) is 1. The van der Waals surface area contributed by atoms with Gasteiger partial charge in [-0.05, 0) is 18.6 Å². The van der Waals surface area contributed by atoms with Gasteiger partial charge in [-0.25, -0.2) is 14.8 Å². The second-order valence-corrected chi connectivity index (χ2v) is 5.97. The van der Waals surface area contributed by atoms with Gasteiger partial charge in [0.15, 0.2) is 0 Å². The van der Waals surface area contributed by atoms with Gasteiger partial charge in [-0.15, -0.1) is 11.3 Å². The molecule has 3 aromatic rings. The van der Waals surface area contributed by atoms with Crippen LogP contribution < -0.4 is 0 Å². The minimum absolute atomic E-state index is 0.321. The minimum atomic E-state index is -0.923. The molecule has 20 heavy (non-hydrogen) atoms. The summed E-state index contributed by atoms with van der Waals surface area (Å²) < 4.78 is 1.79. The van der Waals surface area contributed by atoms with Crippen molar-refractivity contribution in [3.63, 3.8) is 0 Å². The molecular weight excluding hydrogens is 296 g/mol. The van der Waals surface area contributed by atoms with Gasteiger partial charge in [0, 0.05) is 17.8 Å². The third-order valence-electron chi connectivity index (χ3n) is 2.78. The smallest absolute Gasteiger partial charge is 0.346 e. The first-order chi connectivity index (χ1) is 9.66. The Morgan fingerprint density at radius 1 is 1.50 bits per heavy atom. The van der Waals surface area contributed by atoms with Crippen molar-refractivity contribution in [3.05, 3.63) is 35.2 Å². The summed E-state index contributed by atoms with van der Waals surface area (Å²) in [4.78, 5) is 20.6. The molecule has 8 heteroatoms. The van der Waals surface area contributed by atoms with Crippen LogP contribution in [0.3, 0.4) is 0 Å². The molecule has 0 amide bonds. The maximum atomic E-state index is 11.2. The first kappa shape index (κ1) is 13.1. The Morgan fingerprint density at radius 3 is 3.05 bits per heavy atom. The van der Waals surface area contributed by atoms with Crippen LogP contribution in [0.5, 0.6) is 0 Å². The summed E-state index contributed by atoms with van der Waals surface area (Å²) in [6, 6.07) is 1.86. The van der Waals surface area contributed by atoms with E-state index in [1.165, 1.54) is 29.4 Å². The Morgan fingerprint density at radius 2 is 2.35 bits per heavy atom. The molecule has 0 unspecified atom stereocenters. The zero-order valence-corrected chi connectivity index (χ0v) is 12.1. The molecule has 0 fully saturated rings. The van der Waals surface area contributed by atoms with E-state index in [0.29, 0.717) is 15.6 Å². The molecule has 0 aliphatic carbocycles. The highest BCUT2D eigenvalue weighted by Crippen LogP contribution is 2.35. The lowest BCUT2D eigenvalue weighted by Crippen LogP contribution is -1.96. The monoisotopic (exact) mass is 306 g/mol. The van der Waals surface area contributed by atoms with Gasteiger partial charge in [0.2, 0.25) is 0 Å². The summed E-state index contributed by atoms with van der Waals surface area (Å²) in [5.41, 5.74) is 0.723. The molecule has 3 heterocycles. The number of hydrogen-bond acceptors (Lipinski definition) is 6. The van der Waals surface area contributed by atoms with Crippen molar-refractivity contribution in [1.82, 2.24) is 19.7 Å². The molecule has 6 nitrogen and oxygen atoms in total. The molecule has 0 spiro atoms. The Balaban J connectivity index is 2.00. The van der Waals surface area contributed by atoms with E-state index in [1.807, 2.05) is 12.3 Å². The van der Waals surface area contributed by atoms with E-state index in [-0.39, 0.29) is 0 Å². The Hall–Kier alpha value is -1.93. The highest BCUT2D eigenvalue weighted by Gasteiger charge is 2.18. The lowest BCUT2D eigenvalue weighted by molar-refractivity contribution is 0.0701. The Kier molecular flexibility index (Phi) is 3.41. The SMILES string of the molecule is Cc1c(C(=O)O)sc2ncnc(SCn3cccn3)c12. The number of aryl methyl sites for hydroxylation is 1. The molecule has 0 saturated heterocycles. The van der Waals surface area contributed by atoms with Crippen LogP contribution in [0.4, 0.5) is 0 Å². The number of fused-ring (bicyclic) bond motifs is 1. The summed E-state index contributed by atoms with van der Waals surface area (Å²) in [5.74, 6) is -0.301. The minimum Gasteiger partial charge on any atom is -0.477 e. The van der Waals surface area contributed by atoms with Crippen LogP contribution in [-0.4, -0.2) is 30.8 Å². The van der Waals surface area contributed by atoms with Gasteiger partial charge in [0.25, 0.3) is 0 Å². The van der Waals surface area contributed by atoms with Gasteiger partial charge in [0.05, 0.1) is 5.88 Å². The molecular formula is C12H10N4O2S2. The van der Waals surface area contributed by atoms with Crippen molar-refractivity contribution in [2.24, 2.45) is 0 Å². The molecule has 0 aromatic carbocycles. The van der Waals surface area contributed by atoms with Crippen LogP contribution in [0.15, 0.2) is 29.8 Å². The van der Waals surface area contributed by atoms with E-state index in [4.69, 9.17) is 0 Å². The summed E-state index contributed by atoms with van der Waals surface area (Å²) in [6.45, 7) is 1.80. The van der Waals surface area contributed by atoms with Crippen molar-refractivity contribution >= 4 is 39.3 Å². The van der Waals surface area contributed by atoms with Crippen molar-refractivity contribution in [2.75, 3.05) is 0 Å². The topological polar surface area (TPSA) is 80.9 Å². The summed E-state index contributed by atoms with van der Waals surface area (Å²) in [5, 5.41) is 14.9. The third-order valence-corrected chi connectivity index (χ3v) is 4.94. The van der Waals surface area contributed by atoms with Crippen LogP contribution in [-0.2, 0) is 5.88 Å². The van der Waals surface area contributed by atoms with Crippen LogP contribution in [0.1, 0.15) is 15.2 Å². The van der Waals surface area contributed by atoms with Crippen molar-refractivity contribution < 1.29 is 9.90 Å². The molecule has 0 radical (unpaired) electrons. The molecule has 102 valence electrons. The van der Waals surface area contributed by atoms with Gasteiger partial charge in [-0.2, -0.15) is 5.10 Å². The fourth-order valence-electron chi connectivity index (χ4n) is 1.86. The number of rotatable bonds is 4. The molecule has 0 aliphatic rings. The van der Waals surface area contributed by atoms with E-state index >= 15 is 0 Å². The van der Waals surface area contributed by atoms with E-state index in [0.717, 1.165) is 16.0 Å². The molecule has 0 aliphatic heterocycles. The van der Waals surface area contributed by atoms with E-state index in [1.54, 1.807) is 17.8 Å². The lowest BCUT2D eigenvalue weighted by Gasteiger charge is -2.03. The zero-order valence-electron chi connectivity index (χ0n) is 10.5. The lowest BCUT2D eigenvalue weighted by atomic mass is 10.2. The number of carboxylic acids is 1. The van der Waals surface area contributed by atoms with Crippen molar-refractivity contribution in [1.29, 1.82) is 0 Å². The number of aromatic nitrogens is 4. The van der Waals surface area contributed by atoms with Gasteiger partial charge < -0.3 is 5.11 Å². The first-order valence-corrected chi connectivity index (χ1v) is 7.54. The standard InChI is InChI=1S/C12H10N4O2S2/c1-7-8-10(19-6-16-4-2-3-15-16)13-5-14-11(8)20-9(7)12(17)18/h2-5H,6H2,1H3,(H,17,18). The normalized spacial score (nSPS) is 11.1. The van der Waals surface area contributed by atoms with Crippen LogP contribution >= 0.6 is 23.1 Å². The van der Waals surface area contributed by atoms with Crippen LogP contribution in [0, 0.1) is 6.92 Å². The van der Waals surface area contributed by atoms with Crippen molar-refractivity contribution in [3.8, 4) is 0 Å². The second-order valence-electron chi connectivity index (χ2n) is 4.04. The number of carbonyl (C=O) groups is 1. The fourth-order valence-corrected chi connectivity index (χ4v) is 3.83. The van der Waals surface area contributed by atoms with Gasteiger partial charge in [-0.3, -0.25) is 4.68 Å². The van der Waals surface area contributed by atoms with Gasteiger partial charge in [-0.1, -0.05) is 11.8 Å². The quantitative estimate of drug-likeness (QED) is 0.589. The van der Waals surface area contributed by atoms with E-state index < -0.39 is 5.97 Å². The van der Waals surface area contributed by atoms with Crippen molar-refractivity contribution in [2.45, 2.75) is 17.8 Å². The molecule has 3 aromatic heterocycles. The Bertz CT molecular complexity index is 767. The average molecular weight is 306 g/mol. The number of aromatic carboxylic acids is 1. The van der Waals surface area contributed by atoms with Gasteiger partial charge >= 0.3 is 5.97 Å². The summed E-state index contributed by atoms with van der Waals surface area (Å²) >= 11 is 2.69. The van der Waals surface area contributed by atoms with Gasteiger partial charge in [0.1, 0.15) is 21.1 Å². The largest absolute Gasteiger partial charge is 0.477 e. The highest BCUT2D eigenvalue weighted by atomic mass is 32.2. The predicted molar refractivity (Wildman–Crippen MR) is 77.2 cm³/mol. The summed E-state index contributed by atoms with van der Waals surface area (Å²) in [6.07, 6.45) is 5.05. The average Bonchev–Trinajstić information content (AvgIpc) is 3.05. The number of nitrogens with zero attached hydrogens (tertiary/aromatic N) is 4. The molecule has 0 bridgehead atoms. The maximum absolute atomic E-state index is 11.2. The third kappa shape index (κ3) is 2.27. The Labute approximate surface area is 122 Å². The molecule has 1 N–H and O–H groups in total. The number of hydrogen-bond donors (Lipinski definition) is 1. The van der Waals surface area contributed by atoms with Crippen LogP contribution in [0.25, 0.3) is 10.2 Å². The van der Waals surface area contributed by atoms with E-state index in [9.17, 15) is 9.90 Å². The highest BCUT2D eigenvalue weighted by molar-refractivity contribution is 7.98. The summed E-state index contributed by atoms with van der Waals surface area (Å²) in [7, 11) is 0. The molecule has 3 rings (SSSR count). The fraction of sp³-hybridized carbons (Fsp3) is 0.167. The second kappa shape index (κ2) is 5.22. The van der Waals surface area contributed by atoms with Crippen LogP contribution in [0.2, 0.25) is 0 Å². The zero-order chi connectivity index (χ0) is 14.1. The number of thiophene rings is 1. The maximum Gasteiger partial charge on any atom is 0.346 e. The molecule has 0 saturated carbocycles.